The third kappa shape index (κ3) is 4.55. The number of benzene rings is 1. The quantitative estimate of drug-likeness (QED) is 0.890. The van der Waals surface area contributed by atoms with Crippen LogP contribution in [-0.2, 0) is 14.4 Å². The molecule has 3 amide bonds. The summed E-state index contributed by atoms with van der Waals surface area (Å²) in [5, 5.41) is 5.34. The Balaban J connectivity index is 1.94. The average Bonchev–Trinajstić information content (AvgIpc) is 2.90. The maximum absolute atomic E-state index is 11.9. The van der Waals surface area contributed by atoms with Crippen LogP contribution in [0.1, 0.15) is 33.6 Å². The Morgan fingerprint density at radius 1 is 1.26 bits per heavy atom. The van der Waals surface area contributed by atoms with Gasteiger partial charge >= 0.3 is 0 Å². The normalized spacial score (nSPS) is 14.7. The summed E-state index contributed by atoms with van der Waals surface area (Å²) in [5.74, 6) is -0.373. The van der Waals surface area contributed by atoms with E-state index in [0.717, 1.165) is 12.1 Å². The molecule has 1 saturated heterocycles. The molecule has 124 valence electrons. The Kier molecular flexibility index (Phi) is 5.03. The topological polar surface area (TPSA) is 78.5 Å². The van der Waals surface area contributed by atoms with Crippen molar-refractivity contribution in [1.29, 1.82) is 0 Å². The van der Waals surface area contributed by atoms with Gasteiger partial charge in [0, 0.05) is 29.8 Å². The molecule has 23 heavy (non-hydrogen) atoms. The lowest BCUT2D eigenvalue weighted by Gasteiger charge is -2.18. The lowest BCUT2D eigenvalue weighted by molar-refractivity contribution is -0.130. The zero-order valence-electron chi connectivity index (χ0n) is 13.8. The molecule has 0 aliphatic carbocycles. The summed E-state index contributed by atoms with van der Waals surface area (Å²) in [4.78, 5) is 37.2. The molecule has 2 N–H and O–H groups in total. The molecule has 0 spiro atoms. The van der Waals surface area contributed by atoms with Gasteiger partial charge in [-0.05, 0) is 24.6 Å². The summed E-state index contributed by atoms with van der Waals surface area (Å²) in [6.45, 7) is 5.99. The number of nitrogens with one attached hydrogen (secondary N) is 2. The summed E-state index contributed by atoms with van der Waals surface area (Å²) in [5.41, 5.74) is 0.859. The molecular formula is C17H23N3O3. The Morgan fingerprint density at radius 3 is 2.61 bits per heavy atom. The van der Waals surface area contributed by atoms with Gasteiger partial charge in [-0.25, -0.2) is 0 Å². The largest absolute Gasteiger partial charge is 0.347 e. The van der Waals surface area contributed by atoms with Gasteiger partial charge in [-0.3, -0.25) is 14.4 Å². The van der Waals surface area contributed by atoms with E-state index in [4.69, 9.17) is 0 Å². The molecule has 2 rings (SSSR count). The van der Waals surface area contributed by atoms with Gasteiger partial charge in [0.1, 0.15) is 0 Å². The monoisotopic (exact) mass is 317 g/mol. The first-order valence-corrected chi connectivity index (χ1v) is 7.76. The fourth-order valence-corrected chi connectivity index (χ4v) is 2.30. The van der Waals surface area contributed by atoms with Gasteiger partial charge < -0.3 is 15.5 Å². The first kappa shape index (κ1) is 17.0. The van der Waals surface area contributed by atoms with E-state index in [-0.39, 0.29) is 24.3 Å². The number of rotatable bonds is 4. The molecule has 0 unspecified atom stereocenters. The number of amides is 3. The Labute approximate surface area is 136 Å². The Morgan fingerprint density at radius 2 is 2.00 bits per heavy atom. The zero-order valence-corrected chi connectivity index (χ0v) is 13.8. The predicted molar refractivity (Wildman–Crippen MR) is 89.1 cm³/mol. The van der Waals surface area contributed by atoms with Crippen molar-refractivity contribution < 1.29 is 14.4 Å². The van der Waals surface area contributed by atoms with E-state index in [9.17, 15) is 14.4 Å². The molecule has 0 aromatic heterocycles. The molecule has 0 bridgehead atoms. The van der Waals surface area contributed by atoms with E-state index in [1.807, 2.05) is 6.07 Å². The summed E-state index contributed by atoms with van der Waals surface area (Å²) in [7, 11) is 0. The summed E-state index contributed by atoms with van der Waals surface area (Å²) < 4.78 is 0. The van der Waals surface area contributed by atoms with Crippen LogP contribution >= 0.6 is 0 Å². The Bertz CT molecular complexity index is 620. The fraction of sp³-hybridized carbons (Fsp3) is 0.471. The maximum Gasteiger partial charge on any atom is 0.243 e. The molecule has 0 atom stereocenters. The second kappa shape index (κ2) is 6.81. The standard InChI is InChI=1S/C17H23N3O3/c1-17(2,3)16(23)18-11-14(21)19-12-6-4-7-13(10-12)20-9-5-8-15(20)22/h4,6-7,10H,5,8-9,11H2,1-3H3,(H,18,23)(H,19,21). The van der Waals surface area contributed by atoms with Gasteiger partial charge in [0.25, 0.3) is 0 Å². The van der Waals surface area contributed by atoms with E-state index in [2.05, 4.69) is 10.6 Å². The van der Waals surface area contributed by atoms with Crippen LogP contribution in [0.5, 0.6) is 0 Å². The highest BCUT2D eigenvalue weighted by Crippen LogP contribution is 2.24. The fourth-order valence-electron chi connectivity index (χ4n) is 2.30. The molecular weight excluding hydrogens is 294 g/mol. The number of anilines is 2. The van der Waals surface area contributed by atoms with Crippen molar-refractivity contribution in [1.82, 2.24) is 5.32 Å². The van der Waals surface area contributed by atoms with Crippen molar-refractivity contribution in [2.24, 2.45) is 5.41 Å². The zero-order chi connectivity index (χ0) is 17.0. The first-order chi connectivity index (χ1) is 10.8. The van der Waals surface area contributed by atoms with Gasteiger partial charge in [0.05, 0.1) is 6.54 Å². The van der Waals surface area contributed by atoms with Crippen molar-refractivity contribution in [3.8, 4) is 0 Å². The highest BCUT2D eigenvalue weighted by Gasteiger charge is 2.23. The lowest BCUT2D eigenvalue weighted by Crippen LogP contribution is -2.39. The molecule has 1 aliphatic heterocycles. The summed E-state index contributed by atoms with van der Waals surface area (Å²) in [6, 6.07) is 7.17. The number of nitrogens with zero attached hydrogens (tertiary/aromatic N) is 1. The minimum absolute atomic E-state index is 0.0804. The molecule has 6 heteroatoms. The maximum atomic E-state index is 11.9. The second-order valence-corrected chi connectivity index (χ2v) is 6.68. The molecule has 0 saturated carbocycles. The highest BCUT2D eigenvalue weighted by atomic mass is 16.2. The first-order valence-electron chi connectivity index (χ1n) is 7.76. The third-order valence-electron chi connectivity index (χ3n) is 3.61. The Hall–Kier alpha value is -2.37. The minimum Gasteiger partial charge on any atom is -0.347 e. The lowest BCUT2D eigenvalue weighted by atomic mass is 9.96. The number of hydrogen-bond acceptors (Lipinski definition) is 3. The smallest absolute Gasteiger partial charge is 0.243 e. The molecule has 0 radical (unpaired) electrons. The van der Waals surface area contributed by atoms with Crippen molar-refractivity contribution in [2.75, 3.05) is 23.3 Å². The van der Waals surface area contributed by atoms with Crippen LogP contribution in [0, 0.1) is 5.41 Å². The number of hydrogen-bond donors (Lipinski definition) is 2. The van der Waals surface area contributed by atoms with Gasteiger partial charge in [0.15, 0.2) is 0 Å². The number of carbonyl (C=O) groups is 3. The van der Waals surface area contributed by atoms with Crippen LogP contribution in [0.3, 0.4) is 0 Å². The molecule has 6 nitrogen and oxygen atoms in total. The van der Waals surface area contributed by atoms with Crippen LogP contribution in [-0.4, -0.2) is 30.8 Å². The van der Waals surface area contributed by atoms with Crippen LogP contribution in [0.15, 0.2) is 24.3 Å². The van der Waals surface area contributed by atoms with E-state index in [0.29, 0.717) is 18.7 Å². The van der Waals surface area contributed by atoms with E-state index >= 15 is 0 Å². The third-order valence-corrected chi connectivity index (χ3v) is 3.61. The van der Waals surface area contributed by atoms with Crippen molar-refractivity contribution in [2.45, 2.75) is 33.6 Å². The molecule has 1 aromatic carbocycles. The number of carbonyl (C=O) groups excluding carboxylic acids is 3. The van der Waals surface area contributed by atoms with Crippen LogP contribution in [0.4, 0.5) is 11.4 Å². The van der Waals surface area contributed by atoms with Crippen LogP contribution in [0.2, 0.25) is 0 Å². The molecule has 1 aromatic rings. The highest BCUT2D eigenvalue weighted by molar-refractivity contribution is 5.98. The van der Waals surface area contributed by atoms with E-state index < -0.39 is 5.41 Å². The second-order valence-electron chi connectivity index (χ2n) is 6.68. The van der Waals surface area contributed by atoms with Gasteiger partial charge in [-0.1, -0.05) is 26.8 Å². The van der Waals surface area contributed by atoms with E-state index in [1.165, 1.54) is 0 Å². The minimum atomic E-state index is -0.531. The van der Waals surface area contributed by atoms with Crippen molar-refractivity contribution >= 4 is 29.1 Å². The average molecular weight is 317 g/mol. The van der Waals surface area contributed by atoms with Gasteiger partial charge in [-0.15, -0.1) is 0 Å². The summed E-state index contributed by atoms with van der Waals surface area (Å²) >= 11 is 0. The summed E-state index contributed by atoms with van der Waals surface area (Å²) in [6.07, 6.45) is 1.42. The predicted octanol–water partition coefficient (Wildman–Crippen LogP) is 1.91. The van der Waals surface area contributed by atoms with E-state index in [1.54, 1.807) is 43.9 Å². The van der Waals surface area contributed by atoms with Crippen molar-refractivity contribution in [3.05, 3.63) is 24.3 Å². The van der Waals surface area contributed by atoms with Crippen molar-refractivity contribution in [3.63, 3.8) is 0 Å². The molecule has 1 aliphatic rings. The molecule has 1 heterocycles. The van der Waals surface area contributed by atoms with Crippen LogP contribution < -0.4 is 15.5 Å². The SMILES string of the molecule is CC(C)(C)C(=O)NCC(=O)Nc1cccc(N2CCCC2=O)c1. The van der Waals surface area contributed by atoms with Gasteiger partial charge in [-0.2, -0.15) is 0 Å². The van der Waals surface area contributed by atoms with Crippen LogP contribution in [0.25, 0.3) is 0 Å². The molecule has 1 fully saturated rings. The van der Waals surface area contributed by atoms with Gasteiger partial charge in [0.2, 0.25) is 17.7 Å².